The van der Waals surface area contributed by atoms with E-state index in [2.05, 4.69) is 5.32 Å². The maximum Gasteiger partial charge on any atom is 0.320 e. The predicted octanol–water partition coefficient (Wildman–Crippen LogP) is 2.23. The molecule has 146 valence electrons. The van der Waals surface area contributed by atoms with Crippen LogP contribution < -0.4 is 11.1 Å². The van der Waals surface area contributed by atoms with Crippen molar-refractivity contribution in [2.75, 3.05) is 26.7 Å². The SMILES string of the molecule is CN(Cc1ccccc1)C(=O)N1CCC(C(=O)NC(C)(C)CN)CC1.Cl. The van der Waals surface area contributed by atoms with Gasteiger partial charge in [0.15, 0.2) is 0 Å². The van der Waals surface area contributed by atoms with Crippen LogP contribution in [0.1, 0.15) is 32.3 Å². The number of piperidine rings is 1. The molecule has 0 aromatic heterocycles. The molecule has 1 saturated heterocycles. The van der Waals surface area contributed by atoms with Crippen LogP contribution in [0.5, 0.6) is 0 Å². The molecule has 2 rings (SSSR count). The number of carbonyl (C=O) groups is 2. The molecule has 6 nitrogen and oxygen atoms in total. The average Bonchev–Trinajstić information content (AvgIpc) is 2.61. The molecular formula is C19H31ClN4O2. The van der Waals surface area contributed by atoms with Crippen LogP contribution in [0.15, 0.2) is 30.3 Å². The van der Waals surface area contributed by atoms with Gasteiger partial charge in [-0.25, -0.2) is 4.79 Å². The summed E-state index contributed by atoms with van der Waals surface area (Å²) in [6.45, 7) is 6.05. The molecule has 1 aliphatic rings. The number of rotatable bonds is 5. The Bertz CT molecular complexity index is 586. The fourth-order valence-electron chi connectivity index (χ4n) is 2.99. The molecule has 0 bridgehead atoms. The zero-order valence-electron chi connectivity index (χ0n) is 15.9. The van der Waals surface area contributed by atoms with Gasteiger partial charge in [-0.1, -0.05) is 30.3 Å². The van der Waals surface area contributed by atoms with Crippen molar-refractivity contribution in [1.82, 2.24) is 15.1 Å². The van der Waals surface area contributed by atoms with Gasteiger partial charge in [-0.3, -0.25) is 4.79 Å². The van der Waals surface area contributed by atoms with Crippen molar-refractivity contribution in [3.05, 3.63) is 35.9 Å². The van der Waals surface area contributed by atoms with Crippen LogP contribution in [0.2, 0.25) is 0 Å². The van der Waals surface area contributed by atoms with Gasteiger partial charge in [0, 0.05) is 44.7 Å². The normalized spacial score (nSPS) is 15.2. The molecule has 1 aromatic rings. The second-order valence-corrected chi connectivity index (χ2v) is 7.46. The number of urea groups is 1. The lowest BCUT2D eigenvalue weighted by Gasteiger charge is -2.35. The first kappa shape index (κ1) is 22.3. The van der Waals surface area contributed by atoms with Gasteiger partial charge < -0.3 is 20.9 Å². The van der Waals surface area contributed by atoms with Gasteiger partial charge in [0.25, 0.3) is 0 Å². The maximum absolute atomic E-state index is 12.6. The Labute approximate surface area is 162 Å². The molecule has 0 radical (unpaired) electrons. The minimum absolute atomic E-state index is 0. The number of likely N-dealkylation sites (tertiary alicyclic amines) is 1. The van der Waals surface area contributed by atoms with E-state index in [-0.39, 0.29) is 35.8 Å². The first-order valence-corrected chi connectivity index (χ1v) is 8.88. The van der Waals surface area contributed by atoms with Crippen molar-refractivity contribution >= 4 is 24.3 Å². The number of nitrogens with two attached hydrogens (primary N) is 1. The average molecular weight is 383 g/mol. The highest BCUT2D eigenvalue weighted by molar-refractivity contribution is 5.85. The van der Waals surface area contributed by atoms with E-state index in [1.54, 1.807) is 4.90 Å². The summed E-state index contributed by atoms with van der Waals surface area (Å²) >= 11 is 0. The molecule has 26 heavy (non-hydrogen) atoms. The van der Waals surface area contributed by atoms with E-state index in [0.29, 0.717) is 39.0 Å². The third-order valence-corrected chi connectivity index (χ3v) is 4.70. The second kappa shape index (κ2) is 9.78. The number of hydrogen-bond acceptors (Lipinski definition) is 3. The van der Waals surface area contributed by atoms with Gasteiger partial charge in [-0.05, 0) is 32.3 Å². The van der Waals surface area contributed by atoms with E-state index < -0.39 is 0 Å². The van der Waals surface area contributed by atoms with Gasteiger partial charge in [0.2, 0.25) is 5.91 Å². The monoisotopic (exact) mass is 382 g/mol. The van der Waals surface area contributed by atoms with Crippen molar-refractivity contribution < 1.29 is 9.59 Å². The summed E-state index contributed by atoms with van der Waals surface area (Å²) < 4.78 is 0. The molecule has 1 heterocycles. The molecular weight excluding hydrogens is 352 g/mol. The largest absolute Gasteiger partial charge is 0.350 e. The molecule has 1 aromatic carbocycles. The number of benzene rings is 1. The molecule has 1 fully saturated rings. The summed E-state index contributed by atoms with van der Waals surface area (Å²) in [4.78, 5) is 28.5. The molecule has 7 heteroatoms. The van der Waals surface area contributed by atoms with Crippen molar-refractivity contribution in [2.24, 2.45) is 11.7 Å². The van der Waals surface area contributed by atoms with Gasteiger partial charge in [-0.2, -0.15) is 0 Å². The number of nitrogens with zero attached hydrogens (tertiary/aromatic N) is 2. The zero-order chi connectivity index (χ0) is 18.4. The Morgan fingerprint density at radius 3 is 2.35 bits per heavy atom. The fraction of sp³-hybridized carbons (Fsp3) is 0.579. The first-order valence-electron chi connectivity index (χ1n) is 8.88. The van der Waals surface area contributed by atoms with E-state index in [9.17, 15) is 9.59 Å². The predicted molar refractivity (Wildman–Crippen MR) is 106 cm³/mol. The maximum atomic E-state index is 12.6. The van der Waals surface area contributed by atoms with Crippen LogP contribution in [-0.2, 0) is 11.3 Å². The molecule has 0 atom stereocenters. The van der Waals surface area contributed by atoms with E-state index in [0.717, 1.165) is 5.56 Å². The van der Waals surface area contributed by atoms with Gasteiger partial charge in [-0.15, -0.1) is 12.4 Å². The van der Waals surface area contributed by atoms with Crippen LogP contribution in [0.25, 0.3) is 0 Å². The van der Waals surface area contributed by atoms with E-state index in [1.807, 2.05) is 56.1 Å². The van der Waals surface area contributed by atoms with Crippen molar-refractivity contribution in [3.63, 3.8) is 0 Å². The van der Waals surface area contributed by atoms with E-state index in [4.69, 9.17) is 5.73 Å². The summed E-state index contributed by atoms with van der Waals surface area (Å²) in [7, 11) is 1.82. The second-order valence-electron chi connectivity index (χ2n) is 7.46. The van der Waals surface area contributed by atoms with E-state index in [1.165, 1.54) is 0 Å². The minimum atomic E-state index is -0.389. The Morgan fingerprint density at radius 1 is 1.23 bits per heavy atom. The molecule has 0 aliphatic carbocycles. The van der Waals surface area contributed by atoms with Crippen LogP contribution in [0.4, 0.5) is 4.79 Å². The standard InChI is InChI=1S/C19H30N4O2.ClH/c1-19(2,14-20)21-17(24)16-9-11-23(12-10-16)18(25)22(3)13-15-7-5-4-6-8-15;/h4-8,16H,9-14,20H2,1-3H3,(H,21,24);1H. The highest BCUT2D eigenvalue weighted by atomic mass is 35.5. The smallest absolute Gasteiger partial charge is 0.320 e. The summed E-state index contributed by atoms with van der Waals surface area (Å²) in [5.74, 6) is -0.00510. The third-order valence-electron chi connectivity index (χ3n) is 4.70. The van der Waals surface area contributed by atoms with E-state index >= 15 is 0 Å². The number of nitrogens with one attached hydrogen (secondary N) is 1. The van der Waals surface area contributed by atoms with Gasteiger partial charge in [0.1, 0.15) is 0 Å². The number of halogens is 1. The summed E-state index contributed by atoms with van der Waals surface area (Å²) in [6.07, 6.45) is 1.38. The highest BCUT2D eigenvalue weighted by Crippen LogP contribution is 2.20. The zero-order valence-corrected chi connectivity index (χ0v) is 16.7. The van der Waals surface area contributed by atoms with Crippen LogP contribution >= 0.6 is 12.4 Å². The fourth-order valence-corrected chi connectivity index (χ4v) is 2.99. The summed E-state index contributed by atoms with van der Waals surface area (Å²) in [5, 5.41) is 3.00. The Hall–Kier alpha value is -1.79. The van der Waals surface area contributed by atoms with Crippen molar-refractivity contribution in [2.45, 2.75) is 38.8 Å². The Kier molecular flexibility index (Phi) is 8.37. The first-order chi connectivity index (χ1) is 11.8. The minimum Gasteiger partial charge on any atom is -0.350 e. The quantitative estimate of drug-likeness (QED) is 0.819. The molecule has 1 aliphatic heterocycles. The van der Waals surface area contributed by atoms with Crippen LogP contribution in [-0.4, -0.2) is 54.0 Å². The van der Waals surface area contributed by atoms with Gasteiger partial charge in [0.05, 0.1) is 0 Å². The third kappa shape index (κ3) is 6.18. The highest BCUT2D eigenvalue weighted by Gasteiger charge is 2.30. The van der Waals surface area contributed by atoms with Crippen LogP contribution in [0, 0.1) is 5.92 Å². The summed E-state index contributed by atoms with van der Waals surface area (Å²) in [6, 6.07) is 9.96. The number of hydrogen-bond donors (Lipinski definition) is 2. The molecule has 0 saturated carbocycles. The number of amides is 3. The topological polar surface area (TPSA) is 78.7 Å². The lowest BCUT2D eigenvalue weighted by atomic mass is 9.94. The lowest BCUT2D eigenvalue weighted by Crippen LogP contribution is -2.53. The molecule has 0 spiro atoms. The van der Waals surface area contributed by atoms with Crippen molar-refractivity contribution in [1.29, 1.82) is 0 Å². The molecule has 0 unspecified atom stereocenters. The molecule has 3 amide bonds. The lowest BCUT2D eigenvalue weighted by molar-refractivity contribution is -0.127. The number of carbonyl (C=O) groups excluding carboxylic acids is 2. The van der Waals surface area contributed by atoms with Gasteiger partial charge >= 0.3 is 6.03 Å². The molecule has 3 N–H and O–H groups in total. The Morgan fingerprint density at radius 2 is 1.81 bits per heavy atom. The Balaban J connectivity index is 0.00000338. The summed E-state index contributed by atoms with van der Waals surface area (Å²) in [5.41, 5.74) is 6.39. The van der Waals surface area contributed by atoms with Crippen LogP contribution in [0.3, 0.4) is 0 Å². The van der Waals surface area contributed by atoms with Crippen molar-refractivity contribution in [3.8, 4) is 0 Å².